The van der Waals surface area contributed by atoms with Crippen LogP contribution in [0.3, 0.4) is 0 Å². The van der Waals surface area contributed by atoms with Crippen molar-refractivity contribution in [1.29, 1.82) is 0 Å². The number of rotatable bonds is 2. The molecule has 0 radical (unpaired) electrons. The summed E-state index contributed by atoms with van der Waals surface area (Å²) in [6.45, 7) is 0. The van der Waals surface area contributed by atoms with Gasteiger partial charge in [-0.05, 0) is 93.0 Å². The van der Waals surface area contributed by atoms with Crippen LogP contribution in [0.25, 0.3) is 22.3 Å². The molecule has 2 heterocycles. The molecule has 0 N–H and O–H groups in total. The first-order chi connectivity index (χ1) is 22.3. The molecule has 6 aromatic carbocycles. The van der Waals surface area contributed by atoms with Crippen LogP contribution >= 0.6 is 0 Å². The third kappa shape index (κ3) is 3.20. The molecule has 2 aliphatic carbocycles. The minimum absolute atomic E-state index is 0.470. The van der Waals surface area contributed by atoms with E-state index in [0.717, 1.165) is 34.4 Å². The van der Waals surface area contributed by atoms with Crippen LogP contribution in [-0.2, 0) is 5.41 Å². The first-order valence-electron chi connectivity index (χ1n) is 15.3. The average Bonchev–Trinajstić information content (AvgIpc) is 3.56. The average molecular weight is 575 g/mol. The maximum atomic E-state index is 4.88. The van der Waals surface area contributed by atoms with E-state index in [4.69, 9.17) is 9.97 Å². The fraction of sp³-hybridized carbons (Fsp3) is 0.0244. The van der Waals surface area contributed by atoms with Gasteiger partial charge in [-0.3, -0.25) is 9.80 Å². The van der Waals surface area contributed by atoms with E-state index in [0.29, 0.717) is 0 Å². The van der Waals surface area contributed by atoms with Crippen molar-refractivity contribution in [3.8, 4) is 22.3 Å². The summed E-state index contributed by atoms with van der Waals surface area (Å²) in [6.07, 6.45) is 1.68. The molecule has 0 amide bonds. The highest BCUT2D eigenvalue weighted by molar-refractivity contribution is 5.97. The smallest absolute Gasteiger partial charge is 0.143 e. The highest BCUT2D eigenvalue weighted by atomic mass is 15.2. The fourth-order valence-electron chi connectivity index (χ4n) is 7.96. The number of aromatic nitrogens is 2. The second-order valence-electron chi connectivity index (χ2n) is 11.9. The van der Waals surface area contributed by atoms with Crippen LogP contribution in [0.4, 0.5) is 34.4 Å². The lowest BCUT2D eigenvalue weighted by atomic mass is 9.70. The maximum Gasteiger partial charge on any atom is 0.143 e. The van der Waals surface area contributed by atoms with Gasteiger partial charge >= 0.3 is 0 Å². The Kier molecular flexibility index (Phi) is 4.89. The molecule has 45 heavy (non-hydrogen) atoms. The van der Waals surface area contributed by atoms with Gasteiger partial charge in [0.05, 0.1) is 5.41 Å². The van der Waals surface area contributed by atoms with Gasteiger partial charge in [-0.2, -0.15) is 0 Å². The number of nitrogens with zero attached hydrogens (tertiary/aromatic N) is 4. The molecule has 7 aromatic rings. The zero-order valence-corrected chi connectivity index (χ0v) is 24.3. The Morgan fingerprint density at radius 2 is 0.778 bits per heavy atom. The molecule has 1 aliphatic heterocycles. The number of para-hydroxylation sites is 2. The zero-order chi connectivity index (χ0) is 29.5. The Hall–Kier alpha value is -6.00. The van der Waals surface area contributed by atoms with Crippen molar-refractivity contribution in [3.05, 3.63) is 180 Å². The molecular formula is C41H26N4. The second kappa shape index (κ2) is 9.01. The van der Waals surface area contributed by atoms with E-state index in [1.54, 1.807) is 6.33 Å². The first-order valence-corrected chi connectivity index (χ1v) is 15.3. The van der Waals surface area contributed by atoms with E-state index in [1.165, 1.54) is 44.5 Å². The summed E-state index contributed by atoms with van der Waals surface area (Å²) in [6, 6.07) is 54.9. The van der Waals surface area contributed by atoms with Crippen LogP contribution in [0, 0.1) is 0 Å². The van der Waals surface area contributed by atoms with Crippen molar-refractivity contribution in [3.63, 3.8) is 0 Å². The second-order valence-corrected chi connectivity index (χ2v) is 11.9. The van der Waals surface area contributed by atoms with E-state index < -0.39 is 5.41 Å². The minimum Gasteiger partial charge on any atom is -0.295 e. The van der Waals surface area contributed by atoms with Gasteiger partial charge in [-0.15, -0.1) is 0 Å². The van der Waals surface area contributed by atoms with Gasteiger partial charge in [0.2, 0.25) is 0 Å². The van der Waals surface area contributed by atoms with E-state index in [2.05, 4.69) is 161 Å². The summed E-state index contributed by atoms with van der Waals surface area (Å²) < 4.78 is 0. The van der Waals surface area contributed by atoms with E-state index in [1.807, 2.05) is 0 Å². The molecule has 0 saturated carbocycles. The lowest BCUT2D eigenvalue weighted by Gasteiger charge is -2.34. The van der Waals surface area contributed by atoms with E-state index in [9.17, 15) is 0 Å². The summed E-state index contributed by atoms with van der Waals surface area (Å²) in [5.41, 5.74) is 14.1. The number of fused-ring (bicyclic) bond motifs is 8. The normalized spacial score (nSPS) is 14.3. The van der Waals surface area contributed by atoms with Crippen LogP contribution in [0.2, 0.25) is 0 Å². The predicted molar refractivity (Wildman–Crippen MR) is 181 cm³/mol. The number of anilines is 6. The molecule has 1 aromatic heterocycles. The standard InChI is InChI=1S/C41H26N4/c1-3-11-27(12-4-1)44-29-19-21-33-31-15-7-9-17-35(31)41(37(33)23-29)36-18-10-8-16-32(36)34-22-20-30(24-38(34)41)45(28-13-5-2-6-14-28)40-25-39(44)42-26-43-40/h1-26H. The molecule has 10 rings (SSSR count). The first kappa shape index (κ1) is 24.4. The van der Waals surface area contributed by atoms with Crippen LogP contribution < -0.4 is 9.80 Å². The van der Waals surface area contributed by atoms with Gasteiger partial charge in [0.15, 0.2) is 0 Å². The molecular weight excluding hydrogens is 548 g/mol. The van der Waals surface area contributed by atoms with Gasteiger partial charge in [-0.25, -0.2) is 9.97 Å². The van der Waals surface area contributed by atoms with Crippen LogP contribution in [0.5, 0.6) is 0 Å². The molecule has 4 nitrogen and oxygen atoms in total. The highest BCUT2D eigenvalue weighted by Gasteiger charge is 2.52. The van der Waals surface area contributed by atoms with Crippen molar-refractivity contribution in [2.24, 2.45) is 0 Å². The molecule has 0 fully saturated rings. The molecule has 1 spiro atoms. The third-order valence-electron chi connectivity index (χ3n) is 9.70. The molecule has 210 valence electrons. The Morgan fingerprint density at radius 3 is 1.27 bits per heavy atom. The van der Waals surface area contributed by atoms with Gasteiger partial charge in [-0.1, -0.05) is 97.1 Å². The number of hydrogen-bond donors (Lipinski definition) is 0. The Morgan fingerprint density at radius 1 is 0.356 bits per heavy atom. The number of benzene rings is 6. The fourth-order valence-corrected chi connectivity index (χ4v) is 7.96. The molecule has 0 saturated heterocycles. The topological polar surface area (TPSA) is 32.3 Å². The van der Waals surface area contributed by atoms with Crippen molar-refractivity contribution >= 4 is 34.4 Å². The van der Waals surface area contributed by atoms with Crippen LogP contribution in [0.15, 0.2) is 158 Å². The Balaban J connectivity index is 1.39. The summed E-state index contributed by atoms with van der Waals surface area (Å²) in [7, 11) is 0. The summed E-state index contributed by atoms with van der Waals surface area (Å²) in [5, 5.41) is 0. The Bertz CT molecular complexity index is 2130. The van der Waals surface area contributed by atoms with Crippen molar-refractivity contribution in [2.75, 3.05) is 9.80 Å². The SMILES string of the molecule is c1ccc(N2c3ccc4c(c3)C3(c5ccccc5-4)c4ccccc4-c4ccc(cc43)N(c3ccccc3)c3cc2ncn3)cc1. The lowest BCUT2D eigenvalue weighted by Crippen LogP contribution is -2.27. The summed E-state index contributed by atoms with van der Waals surface area (Å²) >= 11 is 0. The largest absolute Gasteiger partial charge is 0.295 e. The quantitative estimate of drug-likeness (QED) is 0.206. The van der Waals surface area contributed by atoms with Gasteiger partial charge in [0.1, 0.15) is 18.0 Å². The Labute approximate surface area is 261 Å². The maximum absolute atomic E-state index is 4.88. The molecule has 4 heteroatoms. The molecule has 0 atom stereocenters. The minimum atomic E-state index is -0.470. The summed E-state index contributed by atoms with van der Waals surface area (Å²) in [4.78, 5) is 14.3. The molecule has 6 bridgehead atoms. The van der Waals surface area contributed by atoms with Crippen molar-refractivity contribution in [2.45, 2.75) is 5.41 Å². The van der Waals surface area contributed by atoms with Crippen LogP contribution in [-0.4, -0.2) is 9.97 Å². The van der Waals surface area contributed by atoms with Gasteiger partial charge in [0, 0.05) is 28.8 Å². The van der Waals surface area contributed by atoms with Crippen molar-refractivity contribution < 1.29 is 0 Å². The van der Waals surface area contributed by atoms with Crippen LogP contribution in [0.1, 0.15) is 22.3 Å². The van der Waals surface area contributed by atoms with Gasteiger partial charge < -0.3 is 0 Å². The van der Waals surface area contributed by atoms with Crippen molar-refractivity contribution in [1.82, 2.24) is 9.97 Å². The zero-order valence-electron chi connectivity index (χ0n) is 24.3. The van der Waals surface area contributed by atoms with E-state index >= 15 is 0 Å². The molecule has 0 unspecified atom stereocenters. The van der Waals surface area contributed by atoms with E-state index in [-0.39, 0.29) is 0 Å². The van der Waals surface area contributed by atoms with Gasteiger partial charge in [0.25, 0.3) is 0 Å². The molecule has 3 aliphatic rings. The number of hydrogen-bond acceptors (Lipinski definition) is 4. The highest BCUT2D eigenvalue weighted by Crippen LogP contribution is 2.64. The third-order valence-corrected chi connectivity index (χ3v) is 9.70. The predicted octanol–water partition coefficient (Wildman–Crippen LogP) is 10.1. The lowest BCUT2D eigenvalue weighted by molar-refractivity contribution is 0.793. The monoisotopic (exact) mass is 574 g/mol. The summed E-state index contributed by atoms with van der Waals surface area (Å²) in [5.74, 6) is 1.61.